The van der Waals surface area contributed by atoms with E-state index < -0.39 is 0 Å². The molecule has 0 saturated carbocycles. The second-order valence-electron chi connectivity index (χ2n) is 4.13. The Morgan fingerprint density at radius 3 is 2.74 bits per heavy atom. The fraction of sp³-hybridized carbons (Fsp3) is 0.583. The van der Waals surface area contributed by atoms with Gasteiger partial charge in [0.1, 0.15) is 5.00 Å². The van der Waals surface area contributed by atoms with Crippen LogP contribution in [0.5, 0.6) is 0 Å². The molecule has 0 aromatic carbocycles. The van der Waals surface area contributed by atoms with Gasteiger partial charge in [-0.1, -0.05) is 0 Å². The van der Waals surface area contributed by atoms with E-state index in [2.05, 4.69) is 14.4 Å². The molecule has 19 heavy (non-hydrogen) atoms. The number of esters is 1. The quantitative estimate of drug-likeness (QED) is 0.802. The van der Waals surface area contributed by atoms with Gasteiger partial charge in [0.05, 0.1) is 18.4 Å². The van der Waals surface area contributed by atoms with Crippen LogP contribution in [-0.2, 0) is 9.53 Å². The molecule has 1 N–H and O–H groups in total. The molecule has 7 heteroatoms. The summed E-state index contributed by atoms with van der Waals surface area (Å²) in [6.07, 6.45) is 0.897. The summed E-state index contributed by atoms with van der Waals surface area (Å²) in [5.41, 5.74) is 1.33. The zero-order chi connectivity index (χ0) is 14.4. The van der Waals surface area contributed by atoms with Crippen molar-refractivity contribution in [2.24, 2.45) is 0 Å². The SMILES string of the molecule is CNc1snc(C)c1C(=O)N(C)CCCC(=O)OC. The highest BCUT2D eigenvalue weighted by atomic mass is 32.1. The minimum atomic E-state index is -0.259. The van der Waals surface area contributed by atoms with Gasteiger partial charge in [0.25, 0.3) is 5.91 Å². The molecule has 6 nitrogen and oxygen atoms in total. The molecule has 106 valence electrons. The number of carbonyl (C=O) groups excluding carboxylic acids is 2. The van der Waals surface area contributed by atoms with Gasteiger partial charge in [0, 0.05) is 27.1 Å². The van der Waals surface area contributed by atoms with Crippen molar-refractivity contribution in [2.45, 2.75) is 19.8 Å². The van der Waals surface area contributed by atoms with Crippen molar-refractivity contribution in [1.82, 2.24) is 9.27 Å². The van der Waals surface area contributed by atoms with Gasteiger partial charge in [0.15, 0.2) is 0 Å². The third-order valence-electron chi connectivity index (χ3n) is 2.75. The largest absolute Gasteiger partial charge is 0.469 e. The second kappa shape index (κ2) is 7.08. The van der Waals surface area contributed by atoms with E-state index >= 15 is 0 Å². The van der Waals surface area contributed by atoms with Crippen molar-refractivity contribution in [1.29, 1.82) is 0 Å². The number of aryl methyl sites for hydroxylation is 1. The van der Waals surface area contributed by atoms with Gasteiger partial charge >= 0.3 is 5.97 Å². The number of amides is 1. The Kier molecular flexibility index (Phi) is 5.75. The van der Waals surface area contributed by atoms with Gasteiger partial charge in [-0.3, -0.25) is 9.59 Å². The van der Waals surface area contributed by atoms with Crippen molar-refractivity contribution in [3.63, 3.8) is 0 Å². The number of hydrogen-bond acceptors (Lipinski definition) is 6. The highest BCUT2D eigenvalue weighted by Crippen LogP contribution is 2.25. The molecule has 0 aliphatic carbocycles. The maximum Gasteiger partial charge on any atom is 0.305 e. The summed E-state index contributed by atoms with van der Waals surface area (Å²) in [6, 6.07) is 0. The van der Waals surface area contributed by atoms with Gasteiger partial charge in [-0.25, -0.2) is 0 Å². The van der Waals surface area contributed by atoms with E-state index in [1.54, 1.807) is 19.0 Å². The normalized spacial score (nSPS) is 10.1. The summed E-state index contributed by atoms with van der Waals surface area (Å²) in [5, 5.41) is 3.74. The Morgan fingerprint density at radius 1 is 1.47 bits per heavy atom. The van der Waals surface area contributed by atoms with Gasteiger partial charge in [-0.15, -0.1) is 0 Å². The first-order chi connectivity index (χ1) is 9.01. The van der Waals surface area contributed by atoms with Crippen LogP contribution >= 0.6 is 11.5 Å². The highest BCUT2D eigenvalue weighted by Gasteiger charge is 2.20. The number of ether oxygens (including phenoxy) is 1. The van der Waals surface area contributed by atoms with E-state index in [1.165, 1.54) is 18.6 Å². The average molecular weight is 285 g/mol. The molecule has 0 aliphatic rings. The summed E-state index contributed by atoms with van der Waals surface area (Å²) < 4.78 is 8.73. The van der Waals surface area contributed by atoms with Crippen LogP contribution in [0.1, 0.15) is 28.9 Å². The van der Waals surface area contributed by atoms with Crippen LogP contribution in [-0.4, -0.2) is 48.9 Å². The average Bonchev–Trinajstić information content (AvgIpc) is 2.78. The minimum absolute atomic E-state index is 0.0829. The Morgan fingerprint density at radius 2 is 2.16 bits per heavy atom. The predicted octanol–water partition coefficient (Wildman–Crippen LogP) is 1.52. The molecule has 1 aromatic heterocycles. The first-order valence-electron chi connectivity index (χ1n) is 5.97. The van der Waals surface area contributed by atoms with Crippen LogP contribution in [0.25, 0.3) is 0 Å². The number of methoxy groups -OCH3 is 1. The minimum Gasteiger partial charge on any atom is -0.469 e. The van der Waals surface area contributed by atoms with Gasteiger partial charge < -0.3 is 15.0 Å². The molecule has 1 heterocycles. The number of rotatable bonds is 6. The Labute approximate surface area is 116 Å². The molecule has 0 fully saturated rings. The summed E-state index contributed by atoms with van der Waals surface area (Å²) in [4.78, 5) is 24.9. The molecule has 0 saturated heterocycles. The Hall–Kier alpha value is -1.63. The molecule has 1 amide bonds. The van der Waals surface area contributed by atoms with Crippen LogP contribution in [0, 0.1) is 6.92 Å². The van der Waals surface area contributed by atoms with Crippen LogP contribution in [0.2, 0.25) is 0 Å². The van der Waals surface area contributed by atoms with Crippen LogP contribution < -0.4 is 5.32 Å². The summed E-state index contributed by atoms with van der Waals surface area (Å²) >= 11 is 1.27. The predicted molar refractivity (Wildman–Crippen MR) is 74.6 cm³/mol. The van der Waals surface area contributed by atoms with E-state index in [0.717, 1.165) is 10.7 Å². The number of aromatic nitrogens is 1. The van der Waals surface area contributed by atoms with E-state index in [9.17, 15) is 9.59 Å². The lowest BCUT2D eigenvalue weighted by Crippen LogP contribution is -2.29. The smallest absolute Gasteiger partial charge is 0.305 e. The van der Waals surface area contributed by atoms with Crippen LogP contribution in [0.15, 0.2) is 0 Å². The zero-order valence-corrected chi connectivity index (χ0v) is 12.5. The lowest BCUT2D eigenvalue weighted by atomic mass is 10.2. The summed E-state index contributed by atoms with van der Waals surface area (Å²) in [7, 11) is 4.84. The number of carbonyl (C=O) groups is 2. The number of hydrogen-bond donors (Lipinski definition) is 1. The summed E-state index contributed by atoms with van der Waals surface area (Å²) in [6.45, 7) is 2.32. The molecule has 0 atom stereocenters. The Bertz CT molecular complexity index is 459. The molecule has 1 aromatic rings. The molecular formula is C12H19N3O3S. The monoisotopic (exact) mass is 285 g/mol. The molecule has 1 rings (SSSR count). The van der Waals surface area contributed by atoms with Crippen molar-refractivity contribution >= 4 is 28.4 Å². The van der Waals surface area contributed by atoms with Crippen LogP contribution in [0.3, 0.4) is 0 Å². The van der Waals surface area contributed by atoms with Crippen molar-refractivity contribution in [3.05, 3.63) is 11.3 Å². The maximum atomic E-state index is 12.3. The van der Waals surface area contributed by atoms with Gasteiger partial charge in [-0.05, 0) is 24.9 Å². The zero-order valence-electron chi connectivity index (χ0n) is 11.6. The second-order valence-corrected chi connectivity index (χ2v) is 4.90. The summed E-state index contributed by atoms with van der Waals surface area (Å²) in [5.74, 6) is -0.342. The molecular weight excluding hydrogens is 266 g/mol. The van der Waals surface area contributed by atoms with Crippen molar-refractivity contribution in [2.75, 3.05) is 33.1 Å². The van der Waals surface area contributed by atoms with E-state index in [1.807, 2.05) is 6.92 Å². The van der Waals surface area contributed by atoms with E-state index in [0.29, 0.717) is 24.9 Å². The number of anilines is 1. The van der Waals surface area contributed by atoms with Gasteiger partial charge in [0.2, 0.25) is 0 Å². The van der Waals surface area contributed by atoms with Crippen molar-refractivity contribution < 1.29 is 14.3 Å². The number of nitrogens with zero attached hydrogens (tertiary/aromatic N) is 2. The van der Waals surface area contributed by atoms with Crippen LogP contribution in [0.4, 0.5) is 5.00 Å². The lowest BCUT2D eigenvalue weighted by molar-refractivity contribution is -0.140. The maximum absolute atomic E-state index is 12.3. The fourth-order valence-corrected chi connectivity index (χ4v) is 2.38. The third-order valence-corrected chi connectivity index (χ3v) is 3.71. The van der Waals surface area contributed by atoms with Gasteiger partial charge in [-0.2, -0.15) is 4.37 Å². The van der Waals surface area contributed by atoms with E-state index in [4.69, 9.17) is 0 Å². The molecule has 0 unspecified atom stereocenters. The molecule has 0 bridgehead atoms. The standard InChI is InChI=1S/C12H19N3O3S/c1-8-10(11(13-2)19-14-8)12(17)15(3)7-5-6-9(16)18-4/h13H,5-7H2,1-4H3. The van der Waals surface area contributed by atoms with Crippen molar-refractivity contribution in [3.8, 4) is 0 Å². The number of nitrogens with one attached hydrogen (secondary N) is 1. The lowest BCUT2D eigenvalue weighted by Gasteiger charge is -2.17. The highest BCUT2D eigenvalue weighted by molar-refractivity contribution is 7.10. The fourth-order valence-electron chi connectivity index (χ4n) is 1.65. The molecule has 0 radical (unpaired) electrons. The first kappa shape index (κ1) is 15.4. The Balaban J connectivity index is 2.61. The molecule has 0 aliphatic heterocycles. The topological polar surface area (TPSA) is 71.5 Å². The third kappa shape index (κ3) is 3.92. The van der Waals surface area contributed by atoms with E-state index in [-0.39, 0.29) is 11.9 Å². The first-order valence-corrected chi connectivity index (χ1v) is 6.74. The molecule has 0 spiro atoms.